The van der Waals surface area contributed by atoms with Crippen LogP contribution in [0.1, 0.15) is 303 Å². The van der Waals surface area contributed by atoms with Crippen molar-refractivity contribution in [3.8, 4) is 0 Å². The van der Waals surface area contributed by atoms with Crippen molar-refractivity contribution in [1.29, 1.82) is 0 Å². The Morgan fingerprint density at radius 2 is 0.524 bits per heavy atom. The van der Waals surface area contributed by atoms with Gasteiger partial charge >= 0.3 is 17.9 Å². The van der Waals surface area contributed by atoms with Crippen LogP contribution in [-0.2, 0) is 28.6 Å². The van der Waals surface area contributed by atoms with E-state index in [0.29, 0.717) is 19.3 Å². The highest BCUT2D eigenvalue weighted by Gasteiger charge is 2.19. The second-order valence-electron chi connectivity index (χ2n) is 18.8. The molecule has 0 fully saturated rings. The topological polar surface area (TPSA) is 78.9 Å². The molecule has 6 nitrogen and oxygen atoms in total. The van der Waals surface area contributed by atoms with E-state index >= 15 is 0 Å². The molecule has 0 aliphatic rings. The number of allylic oxidation sites excluding steroid dienone is 4. The molecule has 0 heterocycles. The average Bonchev–Trinajstić information content (AvgIpc) is 3.28. The zero-order chi connectivity index (χ0) is 45.8. The van der Waals surface area contributed by atoms with Gasteiger partial charge in [0.1, 0.15) is 13.2 Å². The SMILES string of the molecule is CCCCCCC=CCCCCCCCCCC(=O)OCC(COC(=O)CCCCCCCCCC=CCCCCCC)OC(=O)CCCCCCCCCCCCCCCCC. The number of carbonyl (C=O) groups is 3. The summed E-state index contributed by atoms with van der Waals surface area (Å²) >= 11 is 0. The molecule has 0 aromatic carbocycles. The quantitative estimate of drug-likeness (QED) is 0.0262. The predicted molar refractivity (Wildman–Crippen MR) is 270 cm³/mol. The molecular weight excluding hydrogens is 781 g/mol. The minimum atomic E-state index is -0.770. The van der Waals surface area contributed by atoms with Gasteiger partial charge in [0.25, 0.3) is 0 Å². The van der Waals surface area contributed by atoms with Crippen molar-refractivity contribution in [2.24, 2.45) is 0 Å². The first kappa shape index (κ1) is 60.9. The lowest BCUT2D eigenvalue weighted by atomic mass is 10.0. The number of carbonyl (C=O) groups excluding carboxylic acids is 3. The van der Waals surface area contributed by atoms with Crippen LogP contribution in [0.5, 0.6) is 0 Å². The monoisotopic (exact) mass is 887 g/mol. The maximum absolute atomic E-state index is 12.8. The van der Waals surface area contributed by atoms with Crippen molar-refractivity contribution in [3.63, 3.8) is 0 Å². The molecule has 0 unspecified atom stereocenters. The van der Waals surface area contributed by atoms with Gasteiger partial charge in [0, 0.05) is 19.3 Å². The first-order chi connectivity index (χ1) is 31.0. The van der Waals surface area contributed by atoms with Crippen molar-refractivity contribution in [2.75, 3.05) is 13.2 Å². The Morgan fingerprint density at radius 1 is 0.302 bits per heavy atom. The summed E-state index contributed by atoms with van der Waals surface area (Å²) in [5.74, 6) is -0.861. The van der Waals surface area contributed by atoms with Crippen LogP contribution in [0.4, 0.5) is 0 Å². The van der Waals surface area contributed by atoms with Gasteiger partial charge < -0.3 is 14.2 Å². The fourth-order valence-electron chi connectivity index (χ4n) is 8.20. The van der Waals surface area contributed by atoms with E-state index < -0.39 is 6.10 Å². The molecule has 6 heteroatoms. The third kappa shape index (κ3) is 50.7. The maximum atomic E-state index is 12.8. The van der Waals surface area contributed by atoms with Crippen molar-refractivity contribution in [2.45, 2.75) is 309 Å². The largest absolute Gasteiger partial charge is 0.462 e. The first-order valence-electron chi connectivity index (χ1n) is 27.8. The number of hydrogen-bond acceptors (Lipinski definition) is 6. The average molecular weight is 887 g/mol. The fourth-order valence-corrected chi connectivity index (χ4v) is 8.20. The number of hydrogen-bond donors (Lipinski definition) is 0. The van der Waals surface area contributed by atoms with Crippen LogP contribution < -0.4 is 0 Å². The van der Waals surface area contributed by atoms with Crippen LogP contribution >= 0.6 is 0 Å². The molecule has 0 aliphatic carbocycles. The summed E-state index contributed by atoms with van der Waals surface area (Å²) in [6.45, 7) is 6.65. The first-order valence-corrected chi connectivity index (χ1v) is 27.8. The Labute approximate surface area is 392 Å². The Bertz CT molecular complexity index is 964. The van der Waals surface area contributed by atoms with Crippen LogP contribution in [0, 0.1) is 0 Å². The van der Waals surface area contributed by atoms with Crippen LogP contribution in [0.25, 0.3) is 0 Å². The van der Waals surface area contributed by atoms with E-state index in [1.165, 1.54) is 205 Å². The highest BCUT2D eigenvalue weighted by Crippen LogP contribution is 2.16. The Balaban J connectivity index is 4.35. The molecule has 0 amide bonds. The molecule has 0 N–H and O–H groups in total. The number of rotatable bonds is 51. The molecular formula is C57H106O6. The van der Waals surface area contributed by atoms with E-state index in [0.717, 1.165) is 57.8 Å². The summed E-state index contributed by atoms with van der Waals surface area (Å²) in [6.07, 6.45) is 60.1. The highest BCUT2D eigenvalue weighted by molar-refractivity contribution is 5.71. The van der Waals surface area contributed by atoms with Crippen LogP contribution in [-0.4, -0.2) is 37.2 Å². The molecule has 0 atom stereocenters. The van der Waals surface area contributed by atoms with E-state index in [1.54, 1.807) is 0 Å². The van der Waals surface area contributed by atoms with E-state index in [1.807, 2.05) is 0 Å². The van der Waals surface area contributed by atoms with Gasteiger partial charge in [-0.05, 0) is 70.6 Å². The van der Waals surface area contributed by atoms with Gasteiger partial charge in [0.2, 0.25) is 0 Å². The molecule has 370 valence electrons. The van der Waals surface area contributed by atoms with Crippen molar-refractivity contribution in [1.82, 2.24) is 0 Å². The molecule has 0 saturated carbocycles. The minimum absolute atomic E-state index is 0.0708. The zero-order valence-electron chi connectivity index (χ0n) is 42.4. The lowest BCUT2D eigenvalue weighted by molar-refractivity contribution is -0.167. The highest BCUT2D eigenvalue weighted by atomic mass is 16.6. The molecule has 0 aromatic heterocycles. The predicted octanol–water partition coefficient (Wildman–Crippen LogP) is 18.3. The number of unbranched alkanes of at least 4 members (excludes halogenated alkanes) is 36. The molecule has 0 spiro atoms. The summed E-state index contributed by atoms with van der Waals surface area (Å²) in [4.78, 5) is 38.1. The van der Waals surface area contributed by atoms with Gasteiger partial charge in [-0.1, -0.05) is 238 Å². The lowest BCUT2D eigenvalue weighted by Crippen LogP contribution is -2.30. The Morgan fingerprint density at radius 3 is 0.810 bits per heavy atom. The molecule has 63 heavy (non-hydrogen) atoms. The Hall–Kier alpha value is -2.11. The summed E-state index contributed by atoms with van der Waals surface area (Å²) in [7, 11) is 0. The van der Waals surface area contributed by atoms with E-state index in [2.05, 4.69) is 45.1 Å². The van der Waals surface area contributed by atoms with Gasteiger partial charge in [-0.25, -0.2) is 0 Å². The summed E-state index contributed by atoms with van der Waals surface area (Å²) in [6, 6.07) is 0. The van der Waals surface area contributed by atoms with Crippen LogP contribution in [0.3, 0.4) is 0 Å². The molecule has 0 aromatic rings. The standard InChI is InChI=1S/C57H106O6/c1-4-7-10-13-16-19-22-25-28-31-34-37-40-43-46-49-55(58)61-52-54(63-57(60)51-48-45-42-39-36-33-30-27-24-21-18-15-12-9-6-3)53-62-56(59)50-47-44-41-38-35-32-29-26-23-20-17-14-11-8-5-2/h19-20,22-23,54H,4-18,21,24-53H2,1-3H3. The summed E-state index contributed by atoms with van der Waals surface area (Å²) in [5, 5.41) is 0. The van der Waals surface area contributed by atoms with Gasteiger partial charge in [-0.2, -0.15) is 0 Å². The smallest absolute Gasteiger partial charge is 0.306 e. The lowest BCUT2D eigenvalue weighted by Gasteiger charge is -2.18. The van der Waals surface area contributed by atoms with Gasteiger partial charge in [-0.3, -0.25) is 14.4 Å². The molecule has 0 aliphatic heterocycles. The Kier molecular flexibility index (Phi) is 50.8. The zero-order valence-corrected chi connectivity index (χ0v) is 42.4. The minimum Gasteiger partial charge on any atom is -0.462 e. The fraction of sp³-hybridized carbons (Fsp3) is 0.877. The van der Waals surface area contributed by atoms with Gasteiger partial charge in [-0.15, -0.1) is 0 Å². The molecule has 0 saturated heterocycles. The van der Waals surface area contributed by atoms with Crippen LogP contribution in [0.2, 0.25) is 0 Å². The van der Waals surface area contributed by atoms with E-state index in [4.69, 9.17) is 14.2 Å². The normalized spacial score (nSPS) is 12.1. The van der Waals surface area contributed by atoms with Gasteiger partial charge in [0.15, 0.2) is 6.10 Å². The second kappa shape index (κ2) is 52.5. The number of ether oxygens (including phenoxy) is 3. The van der Waals surface area contributed by atoms with E-state index in [9.17, 15) is 14.4 Å². The van der Waals surface area contributed by atoms with Crippen molar-refractivity contribution in [3.05, 3.63) is 24.3 Å². The molecule has 0 bridgehead atoms. The summed E-state index contributed by atoms with van der Waals surface area (Å²) in [5.41, 5.74) is 0. The molecule has 0 rings (SSSR count). The number of esters is 3. The maximum Gasteiger partial charge on any atom is 0.306 e. The van der Waals surface area contributed by atoms with Gasteiger partial charge in [0.05, 0.1) is 0 Å². The molecule has 0 radical (unpaired) electrons. The van der Waals surface area contributed by atoms with Crippen LogP contribution in [0.15, 0.2) is 24.3 Å². The van der Waals surface area contributed by atoms with E-state index in [-0.39, 0.29) is 31.1 Å². The third-order valence-electron chi connectivity index (χ3n) is 12.4. The second-order valence-corrected chi connectivity index (χ2v) is 18.8. The van der Waals surface area contributed by atoms with Crippen molar-refractivity contribution >= 4 is 17.9 Å². The summed E-state index contributed by atoms with van der Waals surface area (Å²) < 4.78 is 16.9. The van der Waals surface area contributed by atoms with Crippen molar-refractivity contribution < 1.29 is 28.6 Å². The third-order valence-corrected chi connectivity index (χ3v) is 12.4.